The lowest BCUT2D eigenvalue weighted by molar-refractivity contribution is 0.0567. The van der Waals surface area contributed by atoms with Gasteiger partial charge in [-0.25, -0.2) is 4.79 Å². The monoisotopic (exact) mass is 238 g/mol. The summed E-state index contributed by atoms with van der Waals surface area (Å²) in [7, 11) is 0. The highest BCUT2D eigenvalue weighted by Crippen LogP contribution is 2.29. The van der Waals surface area contributed by atoms with Crippen molar-refractivity contribution in [2.24, 2.45) is 0 Å². The highest BCUT2D eigenvalue weighted by molar-refractivity contribution is 5.88. The number of aromatic nitrogens is 2. The van der Waals surface area contributed by atoms with Crippen molar-refractivity contribution in [2.45, 2.75) is 32.1 Å². The highest BCUT2D eigenvalue weighted by Gasteiger charge is 2.30. The van der Waals surface area contributed by atoms with E-state index >= 15 is 0 Å². The Hall–Kier alpha value is -1.40. The van der Waals surface area contributed by atoms with Crippen LogP contribution < -0.4 is 0 Å². The number of ether oxygens (including phenoxy) is 2. The van der Waals surface area contributed by atoms with Crippen LogP contribution in [-0.2, 0) is 22.7 Å². The van der Waals surface area contributed by atoms with Crippen LogP contribution in [0.3, 0.4) is 0 Å². The SMILES string of the molecule is O=C(O)c1c2c(nn1C1CCOCC1)COC2. The molecular formula is C11H14N2O4. The second-order valence-corrected chi connectivity index (χ2v) is 4.36. The molecule has 2 aliphatic rings. The summed E-state index contributed by atoms with van der Waals surface area (Å²) in [4.78, 5) is 11.3. The number of hydrogen-bond donors (Lipinski definition) is 1. The van der Waals surface area contributed by atoms with E-state index in [2.05, 4.69) is 5.10 Å². The van der Waals surface area contributed by atoms with Gasteiger partial charge in [0, 0.05) is 18.8 Å². The van der Waals surface area contributed by atoms with Gasteiger partial charge in [-0.2, -0.15) is 5.10 Å². The quantitative estimate of drug-likeness (QED) is 0.830. The van der Waals surface area contributed by atoms with E-state index in [4.69, 9.17) is 9.47 Å². The molecule has 0 spiro atoms. The van der Waals surface area contributed by atoms with E-state index in [1.807, 2.05) is 0 Å². The molecule has 0 unspecified atom stereocenters. The van der Waals surface area contributed by atoms with Crippen molar-refractivity contribution in [1.29, 1.82) is 0 Å². The van der Waals surface area contributed by atoms with Crippen molar-refractivity contribution in [3.8, 4) is 0 Å². The van der Waals surface area contributed by atoms with Crippen LogP contribution in [0.2, 0.25) is 0 Å². The van der Waals surface area contributed by atoms with Crippen molar-refractivity contribution in [2.75, 3.05) is 13.2 Å². The molecule has 92 valence electrons. The third-order valence-corrected chi connectivity index (χ3v) is 3.32. The zero-order valence-electron chi connectivity index (χ0n) is 9.39. The molecular weight excluding hydrogens is 224 g/mol. The Kier molecular flexibility index (Phi) is 2.60. The van der Waals surface area contributed by atoms with E-state index < -0.39 is 5.97 Å². The van der Waals surface area contributed by atoms with Gasteiger partial charge in [-0.05, 0) is 12.8 Å². The molecule has 3 rings (SSSR count). The Morgan fingerprint density at radius 2 is 2.06 bits per heavy atom. The van der Waals surface area contributed by atoms with Gasteiger partial charge in [-0.15, -0.1) is 0 Å². The Labute approximate surface area is 98.1 Å². The predicted octanol–water partition coefficient (Wildman–Crippen LogP) is 0.963. The van der Waals surface area contributed by atoms with E-state index in [-0.39, 0.29) is 6.04 Å². The maximum Gasteiger partial charge on any atom is 0.354 e. The maximum atomic E-state index is 11.3. The number of rotatable bonds is 2. The fraction of sp³-hybridized carbons (Fsp3) is 0.636. The second kappa shape index (κ2) is 4.12. The van der Waals surface area contributed by atoms with Crippen LogP contribution in [0.4, 0.5) is 0 Å². The molecule has 1 fully saturated rings. The maximum absolute atomic E-state index is 11.3. The Bertz CT molecular complexity index is 449. The summed E-state index contributed by atoms with van der Waals surface area (Å²) in [5.41, 5.74) is 1.81. The van der Waals surface area contributed by atoms with E-state index in [1.165, 1.54) is 0 Å². The van der Waals surface area contributed by atoms with E-state index in [0.717, 1.165) is 24.1 Å². The van der Waals surface area contributed by atoms with Crippen LogP contribution >= 0.6 is 0 Å². The van der Waals surface area contributed by atoms with Crippen LogP contribution in [0.15, 0.2) is 0 Å². The topological polar surface area (TPSA) is 73.6 Å². The fourth-order valence-electron chi connectivity index (χ4n) is 2.45. The molecule has 0 aromatic carbocycles. The Morgan fingerprint density at radius 1 is 1.29 bits per heavy atom. The van der Waals surface area contributed by atoms with Gasteiger partial charge in [0.2, 0.25) is 0 Å². The molecule has 0 aliphatic carbocycles. The molecule has 1 aromatic heterocycles. The minimum atomic E-state index is -0.921. The Morgan fingerprint density at radius 3 is 2.76 bits per heavy atom. The summed E-state index contributed by atoms with van der Waals surface area (Å²) >= 11 is 0. The number of fused-ring (bicyclic) bond motifs is 1. The number of hydrogen-bond acceptors (Lipinski definition) is 4. The van der Waals surface area contributed by atoms with Gasteiger partial charge in [0.1, 0.15) is 0 Å². The third kappa shape index (κ3) is 1.73. The molecule has 6 nitrogen and oxygen atoms in total. The molecule has 0 bridgehead atoms. The summed E-state index contributed by atoms with van der Waals surface area (Å²) in [5, 5.41) is 13.7. The van der Waals surface area contributed by atoms with Gasteiger partial charge in [0.15, 0.2) is 5.69 Å². The molecule has 0 radical (unpaired) electrons. The largest absolute Gasteiger partial charge is 0.477 e. The first-order chi connectivity index (χ1) is 8.27. The lowest BCUT2D eigenvalue weighted by atomic mass is 10.1. The first kappa shape index (κ1) is 10.7. The van der Waals surface area contributed by atoms with Crippen LogP contribution in [0.5, 0.6) is 0 Å². The molecule has 0 saturated carbocycles. The standard InChI is InChI=1S/C11H14N2O4/c14-11(15)10-8-5-17-6-9(8)12-13(10)7-1-3-16-4-2-7/h7H,1-6H2,(H,14,15). The number of carbonyl (C=O) groups is 1. The van der Waals surface area contributed by atoms with Crippen molar-refractivity contribution in [3.05, 3.63) is 17.0 Å². The molecule has 1 aromatic rings. The van der Waals surface area contributed by atoms with Crippen LogP contribution in [0, 0.1) is 0 Å². The van der Waals surface area contributed by atoms with Crippen LogP contribution in [0.1, 0.15) is 40.6 Å². The van der Waals surface area contributed by atoms with Gasteiger partial charge in [0.05, 0.1) is 24.9 Å². The third-order valence-electron chi connectivity index (χ3n) is 3.32. The van der Waals surface area contributed by atoms with Crippen molar-refractivity contribution < 1.29 is 19.4 Å². The van der Waals surface area contributed by atoms with Crippen molar-refractivity contribution in [1.82, 2.24) is 9.78 Å². The number of nitrogens with zero attached hydrogens (tertiary/aromatic N) is 2. The van der Waals surface area contributed by atoms with Crippen molar-refractivity contribution in [3.63, 3.8) is 0 Å². The molecule has 2 aliphatic heterocycles. The summed E-state index contributed by atoms with van der Waals surface area (Å²) in [6.45, 7) is 2.13. The van der Waals surface area contributed by atoms with Gasteiger partial charge >= 0.3 is 5.97 Å². The lowest BCUT2D eigenvalue weighted by Crippen LogP contribution is -2.24. The van der Waals surface area contributed by atoms with Crippen molar-refractivity contribution >= 4 is 5.97 Å². The predicted molar refractivity (Wildman–Crippen MR) is 56.8 cm³/mol. The second-order valence-electron chi connectivity index (χ2n) is 4.36. The normalized spacial score (nSPS) is 20.5. The lowest BCUT2D eigenvalue weighted by Gasteiger charge is -2.23. The molecule has 1 N–H and O–H groups in total. The Balaban J connectivity index is 2.00. The summed E-state index contributed by atoms with van der Waals surface area (Å²) < 4.78 is 12.2. The van der Waals surface area contributed by atoms with Gasteiger partial charge in [0.25, 0.3) is 0 Å². The van der Waals surface area contributed by atoms with Crippen LogP contribution in [0.25, 0.3) is 0 Å². The number of carboxylic acids is 1. The van der Waals surface area contributed by atoms with Gasteiger partial charge < -0.3 is 14.6 Å². The first-order valence-electron chi connectivity index (χ1n) is 5.76. The van der Waals surface area contributed by atoms with E-state index in [1.54, 1.807) is 4.68 Å². The molecule has 0 amide bonds. The highest BCUT2D eigenvalue weighted by atomic mass is 16.5. The van der Waals surface area contributed by atoms with Crippen LogP contribution in [-0.4, -0.2) is 34.1 Å². The number of aromatic carboxylic acids is 1. The summed E-state index contributed by atoms with van der Waals surface area (Å²) in [6, 6.07) is 0.139. The van der Waals surface area contributed by atoms with E-state index in [0.29, 0.717) is 32.1 Å². The molecule has 1 saturated heterocycles. The smallest absolute Gasteiger partial charge is 0.354 e. The average Bonchev–Trinajstić information content (AvgIpc) is 2.88. The van der Waals surface area contributed by atoms with Gasteiger partial charge in [-0.1, -0.05) is 0 Å². The van der Waals surface area contributed by atoms with Gasteiger partial charge in [-0.3, -0.25) is 4.68 Å². The molecule has 0 atom stereocenters. The molecule has 17 heavy (non-hydrogen) atoms. The number of carboxylic acid groups (broad SMARTS) is 1. The minimum absolute atomic E-state index is 0.139. The molecule has 6 heteroatoms. The average molecular weight is 238 g/mol. The summed E-state index contributed by atoms with van der Waals surface area (Å²) in [5.74, 6) is -0.921. The zero-order valence-corrected chi connectivity index (χ0v) is 9.39. The first-order valence-corrected chi connectivity index (χ1v) is 5.76. The zero-order chi connectivity index (χ0) is 11.8. The molecule has 3 heterocycles. The minimum Gasteiger partial charge on any atom is -0.477 e. The fourth-order valence-corrected chi connectivity index (χ4v) is 2.45. The van der Waals surface area contributed by atoms with E-state index in [9.17, 15) is 9.90 Å². The summed E-state index contributed by atoms with van der Waals surface area (Å²) in [6.07, 6.45) is 1.64.